The summed E-state index contributed by atoms with van der Waals surface area (Å²) in [6, 6.07) is 18.6. The number of piperazine rings is 1. The number of benzene rings is 2. The van der Waals surface area contributed by atoms with Gasteiger partial charge in [-0.05, 0) is 38.1 Å². The number of hydrogen-bond donors (Lipinski definition) is 0. The van der Waals surface area contributed by atoms with Gasteiger partial charge in [0.2, 0.25) is 0 Å². The highest BCUT2D eigenvalue weighted by atomic mass is 16.2. The number of nitrogens with zero attached hydrogens (tertiary/aromatic N) is 2. The third-order valence-corrected chi connectivity index (χ3v) is 4.55. The molecule has 0 spiro atoms. The number of carbonyl (C=O) groups excluding carboxylic acids is 2. The van der Waals surface area contributed by atoms with Gasteiger partial charge in [-0.25, -0.2) is 0 Å². The van der Waals surface area contributed by atoms with Crippen LogP contribution in [0.25, 0.3) is 0 Å². The Morgan fingerprint density at radius 1 is 0.708 bits per heavy atom. The van der Waals surface area contributed by atoms with Crippen LogP contribution in [-0.2, 0) is 0 Å². The largest absolute Gasteiger partial charge is 0.332 e. The summed E-state index contributed by atoms with van der Waals surface area (Å²) in [5, 5.41) is 0. The molecule has 0 aliphatic carbocycles. The van der Waals surface area contributed by atoms with Crippen LogP contribution in [0.1, 0.15) is 34.6 Å². The first-order valence-electron chi connectivity index (χ1n) is 8.30. The maximum atomic E-state index is 12.7. The minimum atomic E-state index is -0.0124. The number of rotatable bonds is 2. The Balaban J connectivity index is 1.75. The van der Waals surface area contributed by atoms with E-state index < -0.39 is 0 Å². The van der Waals surface area contributed by atoms with Crippen LogP contribution >= 0.6 is 0 Å². The molecule has 1 saturated heterocycles. The van der Waals surface area contributed by atoms with Gasteiger partial charge in [-0.2, -0.15) is 0 Å². The molecule has 2 atom stereocenters. The lowest BCUT2D eigenvalue weighted by molar-refractivity contribution is 0.0270. The molecular formula is C20H22N2O2. The molecule has 1 heterocycles. The molecule has 0 saturated carbocycles. The molecule has 2 amide bonds. The van der Waals surface area contributed by atoms with Crippen LogP contribution in [0.2, 0.25) is 0 Å². The van der Waals surface area contributed by atoms with Crippen LogP contribution in [0.3, 0.4) is 0 Å². The highest BCUT2D eigenvalue weighted by Crippen LogP contribution is 2.20. The van der Waals surface area contributed by atoms with E-state index in [9.17, 15) is 9.59 Å². The monoisotopic (exact) mass is 322 g/mol. The second-order valence-corrected chi connectivity index (χ2v) is 6.35. The highest BCUT2D eigenvalue weighted by Gasteiger charge is 2.34. The lowest BCUT2D eigenvalue weighted by Crippen LogP contribution is -2.59. The summed E-state index contributed by atoms with van der Waals surface area (Å²) in [4.78, 5) is 29.2. The van der Waals surface area contributed by atoms with E-state index in [1.54, 1.807) is 0 Å². The van der Waals surface area contributed by atoms with Crippen molar-refractivity contribution in [1.29, 1.82) is 0 Å². The van der Waals surface area contributed by atoms with Gasteiger partial charge in [0.15, 0.2) is 0 Å². The van der Waals surface area contributed by atoms with Gasteiger partial charge in [-0.15, -0.1) is 0 Å². The highest BCUT2D eigenvalue weighted by molar-refractivity contribution is 5.96. The van der Waals surface area contributed by atoms with Gasteiger partial charge in [-0.1, -0.05) is 36.4 Å². The van der Waals surface area contributed by atoms with Crippen LogP contribution in [0.5, 0.6) is 0 Å². The Hall–Kier alpha value is -2.62. The Morgan fingerprint density at radius 3 is 1.38 bits per heavy atom. The van der Waals surface area contributed by atoms with E-state index in [-0.39, 0.29) is 23.9 Å². The average molecular weight is 322 g/mol. The topological polar surface area (TPSA) is 40.6 Å². The van der Waals surface area contributed by atoms with E-state index in [2.05, 4.69) is 0 Å². The molecule has 0 bridgehead atoms. The van der Waals surface area contributed by atoms with E-state index in [1.807, 2.05) is 84.3 Å². The summed E-state index contributed by atoms with van der Waals surface area (Å²) in [6.45, 7) is 5.09. The van der Waals surface area contributed by atoms with E-state index in [0.29, 0.717) is 24.2 Å². The van der Waals surface area contributed by atoms with Crippen LogP contribution in [0, 0.1) is 0 Å². The summed E-state index contributed by atoms with van der Waals surface area (Å²) in [6.07, 6.45) is 0. The molecule has 1 aliphatic rings. The number of carbonyl (C=O) groups is 2. The van der Waals surface area contributed by atoms with E-state index >= 15 is 0 Å². The van der Waals surface area contributed by atoms with Crippen molar-refractivity contribution in [3.8, 4) is 0 Å². The standard InChI is InChI=1S/C20H22N2O2/c1-15-13-22(20(24)18-11-7-4-8-12-18)16(2)14-21(15)19(23)17-9-5-3-6-10-17/h3-12,15-16H,13-14H2,1-2H3/t15-,16+. The van der Waals surface area contributed by atoms with Crippen LogP contribution in [0.15, 0.2) is 60.7 Å². The molecule has 3 rings (SSSR count). The Morgan fingerprint density at radius 2 is 1.04 bits per heavy atom. The molecule has 124 valence electrons. The van der Waals surface area contributed by atoms with Crippen molar-refractivity contribution in [2.45, 2.75) is 25.9 Å². The molecule has 0 radical (unpaired) electrons. The average Bonchev–Trinajstić information content (AvgIpc) is 2.63. The van der Waals surface area contributed by atoms with Crippen molar-refractivity contribution >= 4 is 11.8 Å². The van der Waals surface area contributed by atoms with Gasteiger partial charge >= 0.3 is 0 Å². The summed E-state index contributed by atoms with van der Waals surface area (Å²) in [5.41, 5.74) is 1.39. The third kappa shape index (κ3) is 3.18. The first-order chi connectivity index (χ1) is 11.6. The lowest BCUT2D eigenvalue weighted by atomic mass is 10.0. The van der Waals surface area contributed by atoms with Crippen LogP contribution < -0.4 is 0 Å². The summed E-state index contributed by atoms with van der Waals surface area (Å²) >= 11 is 0. The van der Waals surface area contributed by atoms with Gasteiger partial charge in [0, 0.05) is 36.3 Å². The minimum absolute atomic E-state index is 0.0124. The van der Waals surface area contributed by atoms with Gasteiger partial charge in [-0.3, -0.25) is 9.59 Å². The maximum Gasteiger partial charge on any atom is 0.254 e. The molecule has 2 aromatic carbocycles. The second kappa shape index (κ2) is 6.87. The molecule has 4 heteroatoms. The molecule has 0 N–H and O–H groups in total. The first kappa shape index (κ1) is 16.2. The zero-order valence-electron chi connectivity index (χ0n) is 14.1. The Labute approximate surface area is 142 Å². The SMILES string of the molecule is C[C@@H]1CN(C(=O)c2ccccc2)[C@@H](C)CN1C(=O)c1ccccc1. The van der Waals surface area contributed by atoms with Crippen molar-refractivity contribution in [3.63, 3.8) is 0 Å². The van der Waals surface area contributed by atoms with E-state index in [1.165, 1.54) is 0 Å². The van der Waals surface area contributed by atoms with E-state index in [0.717, 1.165) is 0 Å². The molecule has 1 aliphatic heterocycles. The summed E-state index contributed by atoms with van der Waals surface area (Å²) in [5.74, 6) is 0.0588. The maximum absolute atomic E-state index is 12.7. The lowest BCUT2D eigenvalue weighted by Gasteiger charge is -2.44. The fourth-order valence-electron chi connectivity index (χ4n) is 3.19. The fourth-order valence-corrected chi connectivity index (χ4v) is 3.19. The van der Waals surface area contributed by atoms with Crippen molar-refractivity contribution < 1.29 is 9.59 Å². The number of amides is 2. The normalized spacial score (nSPS) is 20.8. The molecule has 4 nitrogen and oxygen atoms in total. The van der Waals surface area contributed by atoms with Crippen LogP contribution in [0.4, 0.5) is 0 Å². The quantitative estimate of drug-likeness (QED) is 0.852. The predicted molar refractivity (Wildman–Crippen MR) is 93.9 cm³/mol. The summed E-state index contributed by atoms with van der Waals surface area (Å²) in [7, 11) is 0. The first-order valence-corrected chi connectivity index (χ1v) is 8.30. The zero-order chi connectivity index (χ0) is 17.1. The van der Waals surface area contributed by atoms with Crippen molar-refractivity contribution in [1.82, 2.24) is 9.80 Å². The Kier molecular flexibility index (Phi) is 4.65. The van der Waals surface area contributed by atoms with E-state index in [4.69, 9.17) is 0 Å². The number of hydrogen-bond acceptors (Lipinski definition) is 2. The molecule has 1 fully saturated rings. The van der Waals surface area contributed by atoms with Crippen molar-refractivity contribution in [2.75, 3.05) is 13.1 Å². The fraction of sp³-hybridized carbons (Fsp3) is 0.300. The minimum Gasteiger partial charge on any atom is -0.332 e. The van der Waals surface area contributed by atoms with Crippen LogP contribution in [-0.4, -0.2) is 46.8 Å². The smallest absolute Gasteiger partial charge is 0.254 e. The van der Waals surface area contributed by atoms with Crippen molar-refractivity contribution in [2.24, 2.45) is 0 Å². The van der Waals surface area contributed by atoms with Gasteiger partial charge < -0.3 is 9.80 Å². The molecular weight excluding hydrogens is 300 g/mol. The molecule has 24 heavy (non-hydrogen) atoms. The second-order valence-electron chi connectivity index (χ2n) is 6.35. The van der Waals surface area contributed by atoms with Gasteiger partial charge in [0.25, 0.3) is 11.8 Å². The third-order valence-electron chi connectivity index (χ3n) is 4.55. The van der Waals surface area contributed by atoms with Gasteiger partial charge in [0.1, 0.15) is 0 Å². The predicted octanol–water partition coefficient (Wildman–Crippen LogP) is 3.06. The Bertz CT molecular complexity index is 651. The van der Waals surface area contributed by atoms with Gasteiger partial charge in [0.05, 0.1) is 0 Å². The summed E-state index contributed by atoms with van der Waals surface area (Å²) < 4.78 is 0. The van der Waals surface area contributed by atoms with Crippen molar-refractivity contribution in [3.05, 3.63) is 71.8 Å². The zero-order valence-corrected chi connectivity index (χ0v) is 14.1. The molecule has 2 aromatic rings. The molecule has 0 aromatic heterocycles. The molecule has 0 unspecified atom stereocenters.